The van der Waals surface area contributed by atoms with Crippen LogP contribution in [0, 0.1) is 25.2 Å². The molecule has 2 rings (SSSR count). The molecule has 2 heteroatoms. The first-order valence-electron chi connectivity index (χ1n) is 5.88. The Kier molecular flexibility index (Phi) is 3.64. The third-order valence-electron chi connectivity index (χ3n) is 2.83. The van der Waals surface area contributed by atoms with Crippen LogP contribution in [0.25, 0.3) is 0 Å². The highest BCUT2D eigenvalue weighted by Crippen LogP contribution is 2.20. The molecule has 0 radical (unpaired) electrons. The van der Waals surface area contributed by atoms with Crippen LogP contribution in [0.5, 0.6) is 5.75 Å². The number of rotatable bonds is 3. The van der Waals surface area contributed by atoms with Crippen molar-refractivity contribution in [3.05, 3.63) is 64.7 Å². The molecule has 0 heterocycles. The maximum absolute atomic E-state index is 8.86. The summed E-state index contributed by atoms with van der Waals surface area (Å²) in [7, 11) is 0. The lowest BCUT2D eigenvalue weighted by Gasteiger charge is -2.09. The van der Waals surface area contributed by atoms with E-state index in [1.807, 2.05) is 13.0 Å². The minimum Gasteiger partial charge on any atom is -0.489 e. The van der Waals surface area contributed by atoms with E-state index in [-0.39, 0.29) is 0 Å². The molecule has 0 saturated heterocycles. The van der Waals surface area contributed by atoms with Crippen molar-refractivity contribution in [1.82, 2.24) is 0 Å². The van der Waals surface area contributed by atoms with E-state index in [9.17, 15) is 0 Å². The molecule has 2 nitrogen and oxygen atoms in total. The molecule has 2 aromatic carbocycles. The van der Waals surface area contributed by atoms with Gasteiger partial charge in [0.1, 0.15) is 12.4 Å². The van der Waals surface area contributed by atoms with E-state index in [4.69, 9.17) is 10.00 Å². The number of benzene rings is 2. The highest BCUT2D eigenvalue weighted by atomic mass is 16.5. The minimum absolute atomic E-state index is 0.524. The zero-order valence-electron chi connectivity index (χ0n) is 10.6. The van der Waals surface area contributed by atoms with Crippen LogP contribution in [-0.4, -0.2) is 0 Å². The zero-order chi connectivity index (χ0) is 13.0. The van der Waals surface area contributed by atoms with Gasteiger partial charge in [-0.3, -0.25) is 0 Å². The molecular formula is C16H15NO. The molecule has 0 unspecified atom stereocenters. The topological polar surface area (TPSA) is 33.0 Å². The summed E-state index contributed by atoms with van der Waals surface area (Å²) < 4.78 is 5.75. The molecule has 18 heavy (non-hydrogen) atoms. The molecule has 0 bridgehead atoms. The molecule has 0 N–H and O–H groups in total. The van der Waals surface area contributed by atoms with E-state index in [2.05, 4.69) is 37.3 Å². The van der Waals surface area contributed by atoms with Crippen LogP contribution in [0.15, 0.2) is 42.5 Å². The minimum atomic E-state index is 0.524. The van der Waals surface area contributed by atoms with Crippen molar-refractivity contribution in [3.8, 4) is 11.8 Å². The maximum Gasteiger partial charge on any atom is 0.124 e. The standard InChI is InChI=1S/C16H15NO/c1-12-3-6-14(7-4-12)11-18-16-9-15(10-17)8-5-13(16)2/h3-9H,11H2,1-2H3. The van der Waals surface area contributed by atoms with Crippen LogP contribution in [-0.2, 0) is 6.61 Å². The average molecular weight is 237 g/mol. The fraction of sp³-hybridized carbons (Fsp3) is 0.188. The van der Waals surface area contributed by atoms with Gasteiger partial charge in [-0.2, -0.15) is 5.26 Å². The first kappa shape index (κ1) is 12.2. The Hall–Kier alpha value is -2.27. The number of aryl methyl sites for hydroxylation is 2. The molecule has 0 spiro atoms. The molecule has 0 aliphatic heterocycles. The van der Waals surface area contributed by atoms with Crippen LogP contribution in [0.3, 0.4) is 0 Å². The quantitative estimate of drug-likeness (QED) is 0.814. The highest BCUT2D eigenvalue weighted by Gasteiger charge is 2.02. The summed E-state index contributed by atoms with van der Waals surface area (Å²) in [6.45, 7) is 4.56. The Morgan fingerprint density at radius 3 is 2.44 bits per heavy atom. The van der Waals surface area contributed by atoms with Crippen LogP contribution < -0.4 is 4.74 Å². The van der Waals surface area contributed by atoms with Crippen molar-refractivity contribution >= 4 is 0 Å². The van der Waals surface area contributed by atoms with Gasteiger partial charge in [-0.15, -0.1) is 0 Å². The first-order valence-corrected chi connectivity index (χ1v) is 5.88. The second kappa shape index (κ2) is 5.37. The summed E-state index contributed by atoms with van der Waals surface area (Å²) in [6.07, 6.45) is 0. The highest BCUT2D eigenvalue weighted by molar-refractivity contribution is 5.41. The fourth-order valence-corrected chi connectivity index (χ4v) is 1.67. The van der Waals surface area contributed by atoms with Crippen molar-refractivity contribution < 1.29 is 4.74 Å². The predicted octanol–water partition coefficient (Wildman–Crippen LogP) is 3.75. The SMILES string of the molecule is Cc1ccc(COc2cc(C#N)ccc2C)cc1. The molecule has 0 aliphatic rings. The van der Waals surface area contributed by atoms with Gasteiger partial charge in [-0.05, 0) is 37.1 Å². The molecule has 0 aliphatic carbocycles. The maximum atomic E-state index is 8.86. The van der Waals surface area contributed by atoms with E-state index in [0.717, 1.165) is 16.9 Å². The third kappa shape index (κ3) is 2.89. The van der Waals surface area contributed by atoms with Gasteiger partial charge in [-0.25, -0.2) is 0 Å². The Balaban J connectivity index is 2.10. The second-order valence-electron chi connectivity index (χ2n) is 4.37. The van der Waals surface area contributed by atoms with E-state index in [1.54, 1.807) is 12.1 Å². The van der Waals surface area contributed by atoms with E-state index < -0.39 is 0 Å². The summed E-state index contributed by atoms with van der Waals surface area (Å²) in [5.74, 6) is 0.773. The van der Waals surface area contributed by atoms with Crippen LogP contribution >= 0.6 is 0 Å². The number of hydrogen-bond donors (Lipinski definition) is 0. The Bertz CT molecular complexity index is 579. The lowest BCUT2D eigenvalue weighted by molar-refractivity contribution is 0.304. The number of ether oxygens (including phenoxy) is 1. The van der Waals surface area contributed by atoms with Crippen LogP contribution in [0.1, 0.15) is 22.3 Å². The van der Waals surface area contributed by atoms with Crippen molar-refractivity contribution in [3.63, 3.8) is 0 Å². The summed E-state index contributed by atoms with van der Waals surface area (Å²) in [5, 5.41) is 8.86. The van der Waals surface area contributed by atoms with Gasteiger partial charge in [0, 0.05) is 0 Å². The molecule has 0 saturated carbocycles. The molecule has 0 atom stereocenters. The van der Waals surface area contributed by atoms with Crippen molar-refractivity contribution in [2.75, 3.05) is 0 Å². The van der Waals surface area contributed by atoms with Crippen molar-refractivity contribution in [2.45, 2.75) is 20.5 Å². The second-order valence-corrected chi connectivity index (χ2v) is 4.37. The number of nitrogens with zero attached hydrogens (tertiary/aromatic N) is 1. The van der Waals surface area contributed by atoms with Crippen molar-refractivity contribution in [1.29, 1.82) is 5.26 Å². The normalized spacial score (nSPS) is 9.83. The van der Waals surface area contributed by atoms with Gasteiger partial charge in [0.15, 0.2) is 0 Å². The molecule has 90 valence electrons. The molecule has 0 aromatic heterocycles. The largest absolute Gasteiger partial charge is 0.489 e. The summed E-state index contributed by atoms with van der Waals surface area (Å²) in [5.41, 5.74) is 4.03. The molecule has 0 amide bonds. The van der Waals surface area contributed by atoms with E-state index in [1.165, 1.54) is 5.56 Å². The zero-order valence-corrected chi connectivity index (χ0v) is 10.6. The number of hydrogen-bond acceptors (Lipinski definition) is 2. The van der Waals surface area contributed by atoms with Gasteiger partial charge in [0.2, 0.25) is 0 Å². The smallest absolute Gasteiger partial charge is 0.124 e. The fourth-order valence-electron chi connectivity index (χ4n) is 1.67. The average Bonchev–Trinajstić information content (AvgIpc) is 2.40. The van der Waals surface area contributed by atoms with Crippen LogP contribution in [0.2, 0.25) is 0 Å². The van der Waals surface area contributed by atoms with Gasteiger partial charge in [-0.1, -0.05) is 35.9 Å². The Labute approximate surface area is 107 Å². The summed E-state index contributed by atoms with van der Waals surface area (Å²) >= 11 is 0. The van der Waals surface area contributed by atoms with E-state index >= 15 is 0 Å². The summed E-state index contributed by atoms with van der Waals surface area (Å²) in [4.78, 5) is 0. The molecular weight excluding hydrogens is 222 g/mol. The van der Waals surface area contributed by atoms with Crippen molar-refractivity contribution in [2.24, 2.45) is 0 Å². The van der Waals surface area contributed by atoms with Gasteiger partial charge in [0.25, 0.3) is 0 Å². The summed E-state index contributed by atoms with van der Waals surface area (Å²) in [6, 6.07) is 15.8. The Morgan fingerprint density at radius 2 is 1.78 bits per heavy atom. The lowest BCUT2D eigenvalue weighted by Crippen LogP contribution is -1.97. The number of nitriles is 1. The monoisotopic (exact) mass is 237 g/mol. The third-order valence-corrected chi connectivity index (χ3v) is 2.83. The Morgan fingerprint density at radius 1 is 1.06 bits per heavy atom. The lowest BCUT2D eigenvalue weighted by atomic mass is 10.1. The first-order chi connectivity index (χ1) is 8.69. The van der Waals surface area contributed by atoms with Gasteiger partial charge in [0.05, 0.1) is 11.6 Å². The van der Waals surface area contributed by atoms with Gasteiger partial charge >= 0.3 is 0 Å². The van der Waals surface area contributed by atoms with E-state index in [0.29, 0.717) is 12.2 Å². The molecule has 0 fully saturated rings. The predicted molar refractivity (Wildman–Crippen MR) is 71.4 cm³/mol. The molecule has 2 aromatic rings. The van der Waals surface area contributed by atoms with Crippen LogP contribution in [0.4, 0.5) is 0 Å². The van der Waals surface area contributed by atoms with Gasteiger partial charge < -0.3 is 4.74 Å².